The molecule has 1 rings (SSSR count). The summed E-state index contributed by atoms with van der Waals surface area (Å²) in [5.74, 6) is 0. The maximum atomic E-state index is 12.4. The fourth-order valence-electron chi connectivity index (χ4n) is 1.19. The summed E-state index contributed by atoms with van der Waals surface area (Å²) in [7, 11) is 0. The van der Waals surface area contributed by atoms with Gasteiger partial charge >= 0.3 is 6.18 Å². The van der Waals surface area contributed by atoms with Gasteiger partial charge in [0.25, 0.3) is 12.1 Å². The lowest BCUT2D eigenvalue weighted by atomic mass is 10.1. The SMILES string of the molecule is Cc1nc(C(F)F)c(C(F)(F)F)cc1[N+](=O)[O-]. The number of nitro groups is 1. The van der Waals surface area contributed by atoms with Crippen molar-refractivity contribution < 1.29 is 26.9 Å². The minimum Gasteiger partial charge on any atom is -0.258 e. The average Bonchev–Trinajstić information content (AvgIpc) is 2.14. The van der Waals surface area contributed by atoms with E-state index in [1.54, 1.807) is 0 Å². The van der Waals surface area contributed by atoms with Crippen LogP contribution in [-0.2, 0) is 6.18 Å². The van der Waals surface area contributed by atoms with E-state index in [0.717, 1.165) is 6.92 Å². The molecule has 0 saturated carbocycles. The second kappa shape index (κ2) is 4.22. The van der Waals surface area contributed by atoms with Crippen LogP contribution >= 0.6 is 0 Å². The molecule has 1 heterocycles. The van der Waals surface area contributed by atoms with E-state index in [-0.39, 0.29) is 6.07 Å². The molecule has 9 heteroatoms. The van der Waals surface area contributed by atoms with Gasteiger partial charge in [-0.3, -0.25) is 10.1 Å². The van der Waals surface area contributed by atoms with Gasteiger partial charge in [-0.15, -0.1) is 0 Å². The monoisotopic (exact) mass is 256 g/mol. The molecule has 0 aliphatic rings. The maximum Gasteiger partial charge on any atom is 0.418 e. The second-order valence-corrected chi connectivity index (χ2v) is 3.08. The van der Waals surface area contributed by atoms with Gasteiger partial charge in [-0.25, -0.2) is 13.8 Å². The summed E-state index contributed by atoms with van der Waals surface area (Å²) >= 11 is 0. The van der Waals surface area contributed by atoms with Crippen molar-refractivity contribution in [1.29, 1.82) is 0 Å². The van der Waals surface area contributed by atoms with Crippen molar-refractivity contribution in [3.8, 4) is 0 Å². The first-order valence-electron chi connectivity index (χ1n) is 4.16. The highest BCUT2D eigenvalue weighted by atomic mass is 19.4. The van der Waals surface area contributed by atoms with Crippen LogP contribution in [0, 0.1) is 17.0 Å². The van der Waals surface area contributed by atoms with Crippen molar-refractivity contribution in [2.75, 3.05) is 0 Å². The zero-order chi connectivity index (χ0) is 13.4. The first-order valence-corrected chi connectivity index (χ1v) is 4.16. The van der Waals surface area contributed by atoms with Gasteiger partial charge in [0.2, 0.25) is 0 Å². The Hall–Kier alpha value is -1.80. The Bertz CT molecular complexity index is 458. The number of hydrogen-bond donors (Lipinski definition) is 0. The molecule has 0 aromatic carbocycles. The highest BCUT2D eigenvalue weighted by Gasteiger charge is 2.39. The standard InChI is InChI=1S/C8H5F5N2O2/c1-3-5(15(16)17)2-4(8(11,12)13)6(14-3)7(9)10/h2,7H,1H3. The molecule has 0 atom stereocenters. The summed E-state index contributed by atoms with van der Waals surface area (Å²) in [4.78, 5) is 12.2. The largest absolute Gasteiger partial charge is 0.418 e. The molecule has 4 nitrogen and oxygen atoms in total. The Morgan fingerprint density at radius 3 is 2.29 bits per heavy atom. The Balaban J connectivity index is 3.54. The number of nitrogens with zero attached hydrogens (tertiary/aromatic N) is 2. The summed E-state index contributed by atoms with van der Waals surface area (Å²) < 4.78 is 61.8. The first-order chi connectivity index (χ1) is 7.64. The number of rotatable bonds is 2. The van der Waals surface area contributed by atoms with Crippen molar-refractivity contribution in [2.24, 2.45) is 0 Å². The van der Waals surface area contributed by atoms with Crippen molar-refractivity contribution >= 4 is 5.69 Å². The highest BCUT2D eigenvalue weighted by molar-refractivity contribution is 5.42. The Morgan fingerprint density at radius 1 is 1.41 bits per heavy atom. The quantitative estimate of drug-likeness (QED) is 0.463. The predicted molar refractivity (Wildman–Crippen MR) is 45.6 cm³/mol. The minimum absolute atomic E-state index is 0.0732. The molecule has 0 saturated heterocycles. The summed E-state index contributed by atoms with van der Waals surface area (Å²) in [5.41, 5.74) is -4.72. The fraction of sp³-hybridized carbons (Fsp3) is 0.375. The van der Waals surface area contributed by atoms with Gasteiger partial charge < -0.3 is 0 Å². The normalized spacial score (nSPS) is 11.9. The molecular formula is C8H5F5N2O2. The number of aryl methyl sites for hydroxylation is 1. The molecule has 0 amide bonds. The molecule has 0 bridgehead atoms. The molecule has 0 aliphatic heterocycles. The Labute approximate surface area is 91.2 Å². The summed E-state index contributed by atoms with van der Waals surface area (Å²) in [6.45, 7) is 0.990. The molecule has 1 aromatic rings. The lowest BCUT2D eigenvalue weighted by molar-refractivity contribution is -0.386. The van der Waals surface area contributed by atoms with Crippen LogP contribution in [-0.4, -0.2) is 9.91 Å². The van der Waals surface area contributed by atoms with Gasteiger partial charge in [-0.05, 0) is 6.92 Å². The molecule has 0 spiro atoms. The van der Waals surface area contributed by atoms with Crippen LogP contribution in [0.2, 0.25) is 0 Å². The molecule has 0 unspecified atom stereocenters. The molecular weight excluding hydrogens is 251 g/mol. The third-order valence-corrected chi connectivity index (χ3v) is 1.92. The summed E-state index contributed by atoms with van der Waals surface area (Å²) in [6.07, 6.45) is -8.57. The van der Waals surface area contributed by atoms with Crippen LogP contribution < -0.4 is 0 Å². The van der Waals surface area contributed by atoms with Gasteiger partial charge in [-0.1, -0.05) is 0 Å². The van der Waals surface area contributed by atoms with Crippen LogP contribution in [0.5, 0.6) is 0 Å². The van der Waals surface area contributed by atoms with Crippen molar-refractivity contribution in [1.82, 2.24) is 4.98 Å². The molecule has 0 radical (unpaired) electrons. The van der Waals surface area contributed by atoms with Crippen molar-refractivity contribution in [3.05, 3.63) is 33.1 Å². The molecule has 17 heavy (non-hydrogen) atoms. The molecule has 0 aliphatic carbocycles. The molecule has 0 fully saturated rings. The Morgan fingerprint density at radius 2 is 1.94 bits per heavy atom. The van der Waals surface area contributed by atoms with Crippen molar-refractivity contribution in [3.63, 3.8) is 0 Å². The lowest BCUT2D eigenvalue weighted by Gasteiger charge is -2.12. The van der Waals surface area contributed by atoms with Crippen LogP contribution in [0.25, 0.3) is 0 Å². The van der Waals surface area contributed by atoms with Crippen LogP contribution in [0.1, 0.15) is 23.4 Å². The topological polar surface area (TPSA) is 56.0 Å². The van der Waals surface area contributed by atoms with E-state index in [1.165, 1.54) is 0 Å². The zero-order valence-electron chi connectivity index (χ0n) is 8.26. The van der Waals surface area contributed by atoms with E-state index >= 15 is 0 Å². The van der Waals surface area contributed by atoms with Gasteiger partial charge in [0.15, 0.2) is 0 Å². The van der Waals surface area contributed by atoms with Gasteiger partial charge in [0, 0.05) is 6.07 Å². The number of aromatic nitrogens is 1. The summed E-state index contributed by atoms with van der Waals surface area (Å²) in [5, 5.41) is 10.4. The lowest BCUT2D eigenvalue weighted by Crippen LogP contribution is -2.13. The van der Waals surface area contributed by atoms with Gasteiger partial charge in [0.05, 0.1) is 10.5 Å². The van der Waals surface area contributed by atoms with Crippen LogP contribution in [0.15, 0.2) is 6.07 Å². The van der Waals surface area contributed by atoms with Crippen molar-refractivity contribution in [2.45, 2.75) is 19.5 Å². The third-order valence-electron chi connectivity index (χ3n) is 1.92. The van der Waals surface area contributed by atoms with Gasteiger partial charge in [0.1, 0.15) is 11.4 Å². The predicted octanol–water partition coefficient (Wildman–Crippen LogP) is 3.25. The number of alkyl halides is 5. The molecule has 0 N–H and O–H groups in total. The van der Waals surface area contributed by atoms with E-state index in [1.807, 2.05) is 0 Å². The molecule has 94 valence electrons. The summed E-state index contributed by atoms with van der Waals surface area (Å²) in [6, 6.07) is 0.0732. The van der Waals surface area contributed by atoms with Crippen LogP contribution in [0.4, 0.5) is 27.6 Å². The first kappa shape index (κ1) is 13.3. The minimum atomic E-state index is -5.11. The maximum absolute atomic E-state index is 12.4. The average molecular weight is 256 g/mol. The van der Waals surface area contributed by atoms with E-state index in [9.17, 15) is 32.1 Å². The van der Waals surface area contributed by atoms with E-state index in [0.29, 0.717) is 0 Å². The Kier molecular flexibility index (Phi) is 3.30. The van der Waals surface area contributed by atoms with Crippen LogP contribution in [0.3, 0.4) is 0 Å². The third kappa shape index (κ3) is 2.66. The van der Waals surface area contributed by atoms with E-state index < -0.39 is 40.2 Å². The zero-order valence-corrected chi connectivity index (χ0v) is 8.26. The highest BCUT2D eigenvalue weighted by Crippen LogP contribution is 2.37. The fourth-order valence-corrected chi connectivity index (χ4v) is 1.19. The van der Waals surface area contributed by atoms with Gasteiger partial charge in [-0.2, -0.15) is 13.2 Å². The number of hydrogen-bond acceptors (Lipinski definition) is 3. The van der Waals surface area contributed by atoms with E-state index in [4.69, 9.17) is 0 Å². The van der Waals surface area contributed by atoms with E-state index in [2.05, 4.69) is 4.98 Å². The smallest absolute Gasteiger partial charge is 0.258 e. The molecule has 1 aromatic heterocycles. The number of pyridine rings is 1. The number of halogens is 5. The second-order valence-electron chi connectivity index (χ2n) is 3.08.